The molecule has 0 aromatic heterocycles. The monoisotopic (exact) mass is 405 g/mol. The Morgan fingerprint density at radius 3 is 2.47 bits per heavy atom. The van der Waals surface area contributed by atoms with Crippen LogP contribution >= 0.6 is 0 Å². The van der Waals surface area contributed by atoms with Crippen molar-refractivity contribution in [3.05, 3.63) is 78.4 Å². The maximum absolute atomic E-state index is 13.2. The molecule has 0 saturated carbocycles. The van der Waals surface area contributed by atoms with E-state index in [4.69, 9.17) is 16.2 Å². The highest BCUT2D eigenvalue weighted by molar-refractivity contribution is 5.91. The highest BCUT2D eigenvalue weighted by atomic mass is 16.5. The lowest BCUT2D eigenvalue weighted by atomic mass is 9.98. The molecule has 0 aliphatic rings. The third kappa shape index (κ3) is 5.66. The van der Waals surface area contributed by atoms with Gasteiger partial charge >= 0.3 is 0 Å². The molecule has 0 radical (unpaired) electrons. The number of fused-ring (bicyclic) bond motifs is 1. The number of rotatable bonds is 11. The van der Waals surface area contributed by atoms with Crippen LogP contribution in [0.2, 0.25) is 0 Å². The average molecular weight is 406 g/mol. The molecule has 2 atom stereocenters. The smallest absolute Gasteiger partial charge is 0.218 e. The minimum absolute atomic E-state index is 0.169. The van der Waals surface area contributed by atoms with Crippen molar-refractivity contribution < 1.29 is 9.53 Å². The van der Waals surface area contributed by atoms with Gasteiger partial charge in [-0.3, -0.25) is 10.1 Å². The summed E-state index contributed by atoms with van der Waals surface area (Å²) in [5, 5.41) is 5.49. The van der Waals surface area contributed by atoms with E-state index in [1.54, 1.807) is 6.92 Å². The lowest BCUT2D eigenvalue weighted by molar-refractivity contribution is -0.137. The molecule has 0 spiro atoms. The maximum Gasteiger partial charge on any atom is 0.218 e. The Balaban J connectivity index is 1.78. The van der Waals surface area contributed by atoms with Gasteiger partial charge in [-0.05, 0) is 61.2 Å². The number of carbonyl (C=O) groups excluding carboxylic acids is 1. The van der Waals surface area contributed by atoms with Crippen LogP contribution in [0.15, 0.2) is 72.8 Å². The molecule has 0 saturated heterocycles. The molecule has 0 heterocycles. The van der Waals surface area contributed by atoms with E-state index in [9.17, 15) is 4.79 Å². The second-order valence-electron chi connectivity index (χ2n) is 7.71. The summed E-state index contributed by atoms with van der Waals surface area (Å²) >= 11 is 0. The number of benzene rings is 3. The van der Waals surface area contributed by atoms with Crippen molar-refractivity contribution in [2.75, 3.05) is 13.1 Å². The van der Waals surface area contributed by atoms with Crippen LogP contribution in [0, 0.1) is 0 Å². The first-order valence-electron chi connectivity index (χ1n) is 10.5. The number of nitrogens with two attached hydrogens (primary N) is 2. The second kappa shape index (κ2) is 10.3. The van der Waals surface area contributed by atoms with Crippen molar-refractivity contribution in [2.45, 2.75) is 38.0 Å². The summed E-state index contributed by atoms with van der Waals surface area (Å²) in [4.78, 5) is 13.2. The molecule has 3 aromatic carbocycles. The molecule has 30 heavy (non-hydrogen) atoms. The molecule has 0 aliphatic heterocycles. The van der Waals surface area contributed by atoms with Gasteiger partial charge in [-0.1, -0.05) is 60.7 Å². The Kier molecular flexibility index (Phi) is 7.57. The predicted octanol–water partition coefficient (Wildman–Crippen LogP) is 3.40. The average Bonchev–Trinajstić information content (AvgIpc) is 2.77. The molecule has 5 N–H and O–H groups in total. The fraction of sp³-hybridized carbons (Fsp3) is 0.320. The molecule has 158 valence electrons. The Bertz CT molecular complexity index is 961. The van der Waals surface area contributed by atoms with Crippen LogP contribution in [0.25, 0.3) is 10.8 Å². The van der Waals surface area contributed by atoms with Crippen LogP contribution < -0.4 is 21.5 Å². The van der Waals surface area contributed by atoms with Crippen LogP contribution in [0.5, 0.6) is 5.75 Å². The number of Topliss-reactive ketones (excluding diaryl/α,β-unsaturated/α-hetero) is 1. The SMILES string of the molecule is CC(NCCc1ccccc1)(Oc1ccc2ccccc2c1)C(=O)[C@@H](N)CCCN. The molecule has 3 aromatic rings. The van der Waals surface area contributed by atoms with Crippen molar-refractivity contribution in [3.63, 3.8) is 0 Å². The van der Waals surface area contributed by atoms with E-state index < -0.39 is 11.8 Å². The second-order valence-corrected chi connectivity index (χ2v) is 7.71. The standard InChI is InChI=1S/C25H31N3O2/c1-25(24(29)23(27)12-7-16-26,28-17-15-19-8-3-2-4-9-19)30-22-14-13-20-10-5-6-11-21(20)18-22/h2-6,8-11,13-14,18,23,28H,7,12,15-17,26-27H2,1H3/t23-,25?/m0/s1. The number of hydrogen-bond donors (Lipinski definition) is 3. The van der Waals surface area contributed by atoms with E-state index in [1.807, 2.05) is 60.7 Å². The van der Waals surface area contributed by atoms with Crippen LogP contribution in [-0.4, -0.2) is 30.6 Å². The van der Waals surface area contributed by atoms with E-state index in [1.165, 1.54) is 5.56 Å². The van der Waals surface area contributed by atoms with Gasteiger partial charge in [-0.15, -0.1) is 0 Å². The van der Waals surface area contributed by atoms with Crippen LogP contribution in [-0.2, 0) is 11.2 Å². The van der Waals surface area contributed by atoms with E-state index in [0.29, 0.717) is 31.7 Å². The van der Waals surface area contributed by atoms with Gasteiger partial charge in [0.15, 0.2) is 0 Å². The molecule has 3 rings (SSSR count). The zero-order chi connectivity index (χ0) is 21.4. The molecular weight excluding hydrogens is 374 g/mol. The Hall–Kier alpha value is -2.73. The zero-order valence-corrected chi connectivity index (χ0v) is 17.5. The predicted molar refractivity (Wildman–Crippen MR) is 122 cm³/mol. The first kappa shape index (κ1) is 22.0. The summed E-state index contributed by atoms with van der Waals surface area (Å²) in [5.74, 6) is 0.458. The van der Waals surface area contributed by atoms with Crippen molar-refractivity contribution in [2.24, 2.45) is 11.5 Å². The van der Waals surface area contributed by atoms with Gasteiger partial charge in [0, 0.05) is 6.54 Å². The summed E-state index contributed by atoms with van der Waals surface area (Å²) < 4.78 is 6.24. The molecule has 5 nitrogen and oxygen atoms in total. The molecule has 1 unspecified atom stereocenters. The largest absolute Gasteiger partial charge is 0.466 e. The number of ether oxygens (including phenoxy) is 1. The van der Waals surface area contributed by atoms with Gasteiger partial charge < -0.3 is 16.2 Å². The number of nitrogens with one attached hydrogen (secondary N) is 1. The summed E-state index contributed by atoms with van der Waals surface area (Å²) in [6.45, 7) is 2.85. The van der Waals surface area contributed by atoms with Gasteiger partial charge in [0.2, 0.25) is 11.5 Å². The van der Waals surface area contributed by atoms with E-state index >= 15 is 0 Å². The van der Waals surface area contributed by atoms with Crippen molar-refractivity contribution in [3.8, 4) is 5.75 Å². The van der Waals surface area contributed by atoms with E-state index in [0.717, 1.165) is 17.2 Å². The van der Waals surface area contributed by atoms with Crippen molar-refractivity contribution >= 4 is 16.6 Å². The van der Waals surface area contributed by atoms with Gasteiger partial charge in [0.05, 0.1) is 6.04 Å². The molecule has 0 bridgehead atoms. The topological polar surface area (TPSA) is 90.4 Å². The van der Waals surface area contributed by atoms with E-state index in [-0.39, 0.29) is 5.78 Å². The van der Waals surface area contributed by atoms with Gasteiger partial charge in [0.25, 0.3) is 0 Å². The summed E-state index contributed by atoms with van der Waals surface area (Å²) in [5.41, 5.74) is 11.7. The first-order chi connectivity index (χ1) is 14.5. The van der Waals surface area contributed by atoms with Gasteiger partial charge in [-0.25, -0.2) is 0 Å². The fourth-order valence-corrected chi connectivity index (χ4v) is 3.55. The summed E-state index contributed by atoms with van der Waals surface area (Å²) in [6, 6.07) is 23.4. The lowest BCUT2D eigenvalue weighted by Crippen LogP contribution is -2.60. The van der Waals surface area contributed by atoms with Crippen LogP contribution in [0.4, 0.5) is 0 Å². The Morgan fingerprint density at radius 1 is 1.03 bits per heavy atom. The zero-order valence-electron chi connectivity index (χ0n) is 17.5. The third-order valence-electron chi connectivity index (χ3n) is 5.29. The minimum atomic E-state index is -1.23. The molecular formula is C25H31N3O2. The first-order valence-corrected chi connectivity index (χ1v) is 10.5. The number of ketones is 1. The Morgan fingerprint density at radius 2 is 1.73 bits per heavy atom. The third-order valence-corrected chi connectivity index (χ3v) is 5.29. The maximum atomic E-state index is 13.2. The van der Waals surface area contributed by atoms with Crippen molar-refractivity contribution in [1.29, 1.82) is 0 Å². The quantitative estimate of drug-likeness (QED) is 0.425. The van der Waals surface area contributed by atoms with E-state index in [2.05, 4.69) is 17.4 Å². The number of hydrogen-bond acceptors (Lipinski definition) is 5. The van der Waals surface area contributed by atoms with Gasteiger partial charge in [0.1, 0.15) is 5.75 Å². The molecule has 0 amide bonds. The molecule has 5 heteroatoms. The summed E-state index contributed by atoms with van der Waals surface area (Å²) in [6.07, 6.45) is 2.01. The number of carbonyl (C=O) groups is 1. The highest BCUT2D eigenvalue weighted by Gasteiger charge is 2.38. The summed E-state index contributed by atoms with van der Waals surface area (Å²) in [7, 11) is 0. The van der Waals surface area contributed by atoms with Crippen molar-refractivity contribution in [1.82, 2.24) is 5.32 Å². The Labute approximate surface area is 178 Å². The molecule has 0 fully saturated rings. The van der Waals surface area contributed by atoms with Gasteiger partial charge in [-0.2, -0.15) is 0 Å². The fourth-order valence-electron chi connectivity index (χ4n) is 3.55. The lowest BCUT2D eigenvalue weighted by Gasteiger charge is -2.32. The minimum Gasteiger partial charge on any atom is -0.466 e. The van der Waals surface area contributed by atoms with Crippen LogP contribution in [0.3, 0.4) is 0 Å². The molecule has 0 aliphatic carbocycles. The highest BCUT2D eigenvalue weighted by Crippen LogP contribution is 2.24. The normalized spacial score (nSPS) is 14.2. The van der Waals surface area contributed by atoms with Crippen LogP contribution in [0.1, 0.15) is 25.3 Å².